The number of rotatable bonds is 4. The maximum Gasteiger partial charge on any atom is 0.319 e. The van der Waals surface area contributed by atoms with Crippen molar-refractivity contribution in [3.63, 3.8) is 0 Å². The van der Waals surface area contributed by atoms with E-state index in [4.69, 9.17) is 23.2 Å². The van der Waals surface area contributed by atoms with E-state index in [9.17, 15) is 9.90 Å². The van der Waals surface area contributed by atoms with Crippen LogP contribution in [-0.2, 0) is 0 Å². The van der Waals surface area contributed by atoms with Crippen molar-refractivity contribution in [3.05, 3.63) is 44.8 Å². The van der Waals surface area contributed by atoms with Gasteiger partial charge in [-0.15, -0.1) is 11.3 Å². The molecule has 2 heterocycles. The zero-order valence-electron chi connectivity index (χ0n) is 10.1. The lowest BCUT2D eigenvalue weighted by atomic mass is 10.3. The van der Waals surface area contributed by atoms with E-state index in [1.165, 1.54) is 23.6 Å². The first-order valence-corrected chi connectivity index (χ1v) is 7.21. The molecule has 8 heteroatoms. The molecule has 106 valence electrons. The molecule has 0 aliphatic rings. The van der Waals surface area contributed by atoms with Gasteiger partial charge in [-0.05, 0) is 24.3 Å². The lowest BCUT2D eigenvalue weighted by Gasteiger charge is -2.11. The van der Waals surface area contributed by atoms with Crippen LogP contribution in [0.1, 0.15) is 11.0 Å². The summed E-state index contributed by atoms with van der Waals surface area (Å²) in [6.07, 6.45) is 0.694. The number of hydrogen-bond donors (Lipinski definition) is 3. The molecule has 3 N–H and O–H groups in total. The Balaban J connectivity index is 1.83. The van der Waals surface area contributed by atoms with Gasteiger partial charge >= 0.3 is 6.03 Å². The van der Waals surface area contributed by atoms with Crippen LogP contribution in [-0.4, -0.2) is 22.7 Å². The van der Waals surface area contributed by atoms with Crippen LogP contribution in [0.4, 0.5) is 10.5 Å². The Morgan fingerprint density at radius 3 is 2.85 bits per heavy atom. The predicted molar refractivity (Wildman–Crippen MR) is 80.6 cm³/mol. The van der Waals surface area contributed by atoms with Gasteiger partial charge in [-0.2, -0.15) is 0 Å². The van der Waals surface area contributed by atoms with Crippen molar-refractivity contribution < 1.29 is 9.90 Å². The first-order valence-electron chi connectivity index (χ1n) is 5.64. The second kappa shape index (κ2) is 6.90. The number of nitrogens with one attached hydrogen (secondary N) is 2. The number of aliphatic hydroxyl groups excluding tert-OH is 1. The van der Waals surface area contributed by atoms with E-state index in [0.717, 1.165) is 0 Å². The predicted octanol–water partition coefficient (Wildman–Crippen LogP) is 3.31. The molecule has 0 spiro atoms. The van der Waals surface area contributed by atoms with E-state index in [0.29, 0.717) is 14.9 Å². The second-order valence-electron chi connectivity index (χ2n) is 3.86. The first-order chi connectivity index (χ1) is 9.54. The number of pyridine rings is 1. The van der Waals surface area contributed by atoms with Crippen LogP contribution in [0.25, 0.3) is 0 Å². The molecule has 0 aliphatic heterocycles. The normalized spacial score (nSPS) is 11.9. The first kappa shape index (κ1) is 15.1. The number of aliphatic hydroxyl groups is 1. The highest BCUT2D eigenvalue weighted by atomic mass is 35.5. The van der Waals surface area contributed by atoms with Crippen molar-refractivity contribution in [1.29, 1.82) is 0 Å². The molecule has 0 radical (unpaired) electrons. The van der Waals surface area contributed by atoms with E-state index in [1.807, 2.05) is 0 Å². The average Bonchev–Trinajstić information content (AvgIpc) is 2.83. The number of anilines is 1. The maximum absolute atomic E-state index is 11.6. The number of hydrogen-bond acceptors (Lipinski definition) is 4. The quantitative estimate of drug-likeness (QED) is 0.752. The van der Waals surface area contributed by atoms with Crippen LogP contribution in [0, 0.1) is 0 Å². The van der Waals surface area contributed by atoms with Gasteiger partial charge in [0, 0.05) is 16.8 Å². The van der Waals surface area contributed by atoms with Crippen LogP contribution in [0.15, 0.2) is 30.5 Å². The number of aromatic nitrogens is 1. The van der Waals surface area contributed by atoms with Gasteiger partial charge in [0.2, 0.25) is 0 Å². The number of nitrogens with zero attached hydrogens (tertiary/aromatic N) is 1. The summed E-state index contributed by atoms with van der Waals surface area (Å²) in [5.41, 5.74) is 0.524. The van der Waals surface area contributed by atoms with Gasteiger partial charge in [-0.25, -0.2) is 9.78 Å². The molecule has 1 unspecified atom stereocenters. The minimum absolute atomic E-state index is 0.0848. The summed E-state index contributed by atoms with van der Waals surface area (Å²) in [5, 5.41) is 15.3. The molecule has 2 aromatic rings. The molecule has 2 rings (SSSR count). The minimum Gasteiger partial charge on any atom is -0.386 e. The van der Waals surface area contributed by atoms with E-state index in [2.05, 4.69) is 15.6 Å². The van der Waals surface area contributed by atoms with Crippen LogP contribution < -0.4 is 10.6 Å². The van der Waals surface area contributed by atoms with E-state index in [1.54, 1.807) is 18.2 Å². The van der Waals surface area contributed by atoms with Crippen molar-refractivity contribution in [3.8, 4) is 0 Å². The zero-order valence-corrected chi connectivity index (χ0v) is 12.5. The third-order valence-corrected chi connectivity index (χ3v) is 3.90. The minimum atomic E-state index is -0.792. The molecule has 1 atom stereocenters. The Labute approximate surface area is 129 Å². The molecule has 0 saturated carbocycles. The summed E-state index contributed by atoms with van der Waals surface area (Å²) >= 11 is 12.8. The van der Waals surface area contributed by atoms with Crippen molar-refractivity contribution >= 4 is 46.3 Å². The fourth-order valence-corrected chi connectivity index (χ4v) is 2.67. The maximum atomic E-state index is 11.6. The molecule has 2 amide bonds. The number of amides is 2. The topological polar surface area (TPSA) is 74.2 Å². The molecule has 0 aromatic carbocycles. The van der Waals surface area contributed by atoms with Gasteiger partial charge in [0.1, 0.15) is 11.3 Å². The Morgan fingerprint density at radius 2 is 2.20 bits per heavy atom. The van der Waals surface area contributed by atoms with Gasteiger partial charge in [-0.1, -0.05) is 23.2 Å². The third-order valence-electron chi connectivity index (χ3n) is 2.36. The third kappa shape index (κ3) is 4.35. The highest BCUT2D eigenvalue weighted by Gasteiger charge is 2.11. The molecule has 0 saturated heterocycles. The summed E-state index contributed by atoms with van der Waals surface area (Å²) < 4.78 is 0.593. The summed E-state index contributed by atoms with van der Waals surface area (Å²) in [6.45, 7) is 0.0848. The lowest BCUT2D eigenvalue weighted by Crippen LogP contribution is -2.32. The van der Waals surface area contributed by atoms with Crippen molar-refractivity contribution in [2.24, 2.45) is 0 Å². The van der Waals surface area contributed by atoms with Crippen molar-refractivity contribution in [1.82, 2.24) is 10.3 Å². The molecule has 0 bridgehead atoms. The smallest absolute Gasteiger partial charge is 0.319 e. The molecule has 0 aliphatic carbocycles. The van der Waals surface area contributed by atoms with Gasteiger partial charge in [0.15, 0.2) is 0 Å². The summed E-state index contributed by atoms with van der Waals surface area (Å²) in [7, 11) is 0. The molecule has 20 heavy (non-hydrogen) atoms. The lowest BCUT2D eigenvalue weighted by molar-refractivity contribution is 0.178. The van der Waals surface area contributed by atoms with Crippen molar-refractivity contribution in [2.75, 3.05) is 11.9 Å². The molecule has 0 fully saturated rings. The van der Waals surface area contributed by atoms with Crippen molar-refractivity contribution in [2.45, 2.75) is 6.10 Å². The summed E-state index contributed by atoms with van der Waals surface area (Å²) in [5.74, 6) is 0. The van der Waals surface area contributed by atoms with Crippen LogP contribution >= 0.6 is 34.5 Å². The number of halogens is 2. The van der Waals surface area contributed by atoms with Crippen LogP contribution in [0.3, 0.4) is 0 Å². The number of carbonyl (C=O) groups excluding carboxylic acids is 1. The number of carbonyl (C=O) groups is 1. The van der Waals surface area contributed by atoms with Gasteiger partial charge < -0.3 is 15.7 Å². The zero-order chi connectivity index (χ0) is 14.5. The highest BCUT2D eigenvalue weighted by molar-refractivity contribution is 7.16. The van der Waals surface area contributed by atoms with E-state index in [-0.39, 0.29) is 11.7 Å². The fourth-order valence-electron chi connectivity index (χ4n) is 1.45. The Kier molecular flexibility index (Phi) is 5.19. The average molecular weight is 332 g/mol. The highest BCUT2D eigenvalue weighted by Crippen LogP contribution is 2.26. The largest absolute Gasteiger partial charge is 0.386 e. The monoisotopic (exact) mass is 331 g/mol. The Morgan fingerprint density at radius 1 is 1.40 bits per heavy atom. The van der Waals surface area contributed by atoms with Crippen LogP contribution in [0.5, 0.6) is 0 Å². The fraction of sp³-hybridized carbons (Fsp3) is 0.167. The molecular weight excluding hydrogens is 321 g/mol. The Bertz CT molecular complexity index is 606. The Hall–Kier alpha value is -1.34. The van der Waals surface area contributed by atoms with Gasteiger partial charge in [0.05, 0.1) is 10.9 Å². The van der Waals surface area contributed by atoms with Crippen LogP contribution in [0.2, 0.25) is 9.49 Å². The SMILES string of the molecule is O=C(NCC(O)c1ccc(Cl)s1)Nc1ccnc(Cl)c1. The standard InChI is InChI=1S/C12H11Cl2N3O2S/c13-10-5-7(3-4-15-10)17-12(19)16-6-8(18)9-1-2-11(14)20-9/h1-5,8,18H,6H2,(H2,15,16,17,19). The summed E-state index contributed by atoms with van der Waals surface area (Å²) in [6, 6.07) is 6.12. The van der Waals surface area contributed by atoms with E-state index >= 15 is 0 Å². The van der Waals surface area contributed by atoms with Gasteiger partial charge in [-0.3, -0.25) is 0 Å². The second-order valence-corrected chi connectivity index (χ2v) is 5.99. The van der Waals surface area contributed by atoms with Gasteiger partial charge in [0.25, 0.3) is 0 Å². The molecule has 2 aromatic heterocycles. The summed E-state index contributed by atoms with van der Waals surface area (Å²) in [4.78, 5) is 16.1. The number of urea groups is 1. The molecule has 5 nitrogen and oxygen atoms in total. The van der Waals surface area contributed by atoms with E-state index < -0.39 is 12.1 Å². The molecular formula is C12H11Cl2N3O2S. The number of thiophene rings is 1.